The van der Waals surface area contributed by atoms with Gasteiger partial charge in [0.25, 0.3) is 5.91 Å². The van der Waals surface area contributed by atoms with Crippen molar-refractivity contribution in [2.75, 3.05) is 4.90 Å². The smallest absolute Gasteiger partial charge is 0.270 e. The Labute approximate surface area is 149 Å². The zero-order valence-electron chi connectivity index (χ0n) is 13.1. The quantitative estimate of drug-likeness (QED) is 0.481. The number of aromatic hydroxyl groups is 2. The molecule has 1 amide bonds. The maximum Gasteiger partial charge on any atom is 0.270 e. The molecule has 24 heavy (non-hydrogen) atoms. The van der Waals surface area contributed by atoms with Gasteiger partial charge in [0.15, 0.2) is 15.8 Å². The third kappa shape index (κ3) is 2.90. The van der Waals surface area contributed by atoms with E-state index < -0.39 is 0 Å². The van der Waals surface area contributed by atoms with Crippen molar-refractivity contribution in [1.82, 2.24) is 0 Å². The lowest BCUT2D eigenvalue weighted by Gasteiger charge is -2.18. The maximum absolute atomic E-state index is 12.8. The van der Waals surface area contributed by atoms with Gasteiger partial charge >= 0.3 is 0 Å². The minimum Gasteiger partial charge on any atom is -0.504 e. The number of phenolic OH excluding ortho intramolecular Hbond substituents is 2. The van der Waals surface area contributed by atoms with E-state index >= 15 is 0 Å². The Bertz CT molecular complexity index is 890. The molecule has 1 fully saturated rings. The van der Waals surface area contributed by atoms with Crippen molar-refractivity contribution in [2.24, 2.45) is 0 Å². The van der Waals surface area contributed by atoms with Crippen LogP contribution in [0.25, 0.3) is 6.08 Å². The summed E-state index contributed by atoms with van der Waals surface area (Å²) in [7, 11) is 0. The number of benzene rings is 2. The van der Waals surface area contributed by atoms with Gasteiger partial charge in [0.1, 0.15) is 0 Å². The van der Waals surface area contributed by atoms with E-state index in [1.807, 2.05) is 32.0 Å². The standard InChI is InChI=1S/C18H15NO3S2/c1-10-4-3-5-13(11(10)2)19-17(22)16(24-18(19)23)9-12-6-7-14(20)15(21)8-12/h3-9,20-21H,1-2H3/b16-9-. The van der Waals surface area contributed by atoms with Gasteiger partial charge in [-0.15, -0.1) is 0 Å². The van der Waals surface area contributed by atoms with Gasteiger partial charge in [0.2, 0.25) is 0 Å². The Morgan fingerprint density at radius 2 is 1.88 bits per heavy atom. The molecule has 0 aliphatic carbocycles. The first-order chi connectivity index (χ1) is 11.4. The molecule has 0 spiro atoms. The average Bonchev–Trinajstić information content (AvgIpc) is 2.80. The summed E-state index contributed by atoms with van der Waals surface area (Å²) in [5, 5.41) is 19.0. The fourth-order valence-electron chi connectivity index (χ4n) is 2.43. The first-order valence-corrected chi connectivity index (χ1v) is 8.47. The van der Waals surface area contributed by atoms with Crippen LogP contribution in [0.1, 0.15) is 16.7 Å². The highest BCUT2D eigenvalue weighted by Gasteiger charge is 2.34. The van der Waals surface area contributed by atoms with Gasteiger partial charge < -0.3 is 10.2 Å². The summed E-state index contributed by atoms with van der Waals surface area (Å²) >= 11 is 6.60. The summed E-state index contributed by atoms with van der Waals surface area (Å²) in [5.74, 6) is -0.616. The predicted octanol–water partition coefficient (Wildman–Crippen LogP) is 4.12. The van der Waals surface area contributed by atoms with E-state index in [1.165, 1.54) is 28.8 Å². The number of amides is 1. The molecule has 0 bridgehead atoms. The third-order valence-corrected chi connectivity index (χ3v) is 5.21. The van der Waals surface area contributed by atoms with Crippen molar-refractivity contribution >= 4 is 46.0 Å². The molecule has 0 radical (unpaired) electrons. The monoisotopic (exact) mass is 357 g/mol. The zero-order valence-corrected chi connectivity index (χ0v) is 14.7. The molecular formula is C18H15NO3S2. The number of rotatable bonds is 2. The summed E-state index contributed by atoms with van der Waals surface area (Å²) < 4.78 is 0.475. The van der Waals surface area contributed by atoms with Gasteiger partial charge in [-0.25, -0.2) is 0 Å². The SMILES string of the molecule is Cc1cccc(N2C(=O)/C(=C/c3ccc(O)c(O)c3)SC2=S)c1C. The van der Waals surface area contributed by atoms with E-state index in [0.717, 1.165) is 16.8 Å². The van der Waals surface area contributed by atoms with Crippen LogP contribution in [-0.4, -0.2) is 20.4 Å². The second-order valence-corrected chi connectivity index (χ2v) is 7.16. The minimum atomic E-state index is -0.228. The van der Waals surface area contributed by atoms with Crippen molar-refractivity contribution in [3.63, 3.8) is 0 Å². The molecular weight excluding hydrogens is 342 g/mol. The third-order valence-electron chi connectivity index (χ3n) is 3.91. The van der Waals surface area contributed by atoms with E-state index in [4.69, 9.17) is 12.2 Å². The number of nitrogens with zero attached hydrogens (tertiary/aromatic N) is 1. The summed E-state index contributed by atoms with van der Waals surface area (Å²) in [6.45, 7) is 3.95. The topological polar surface area (TPSA) is 60.8 Å². The summed E-state index contributed by atoms with van der Waals surface area (Å²) in [5.41, 5.74) is 3.51. The Hall–Kier alpha value is -2.31. The van der Waals surface area contributed by atoms with E-state index in [1.54, 1.807) is 12.1 Å². The molecule has 1 saturated heterocycles. The molecule has 0 aromatic heterocycles. The van der Waals surface area contributed by atoms with Gasteiger partial charge in [-0.1, -0.05) is 42.2 Å². The van der Waals surface area contributed by atoms with E-state index in [0.29, 0.717) is 14.8 Å². The average molecular weight is 357 g/mol. The van der Waals surface area contributed by atoms with Gasteiger partial charge in [-0.05, 0) is 54.8 Å². The first-order valence-electron chi connectivity index (χ1n) is 7.24. The highest BCUT2D eigenvalue weighted by Crippen LogP contribution is 2.38. The molecule has 1 aliphatic rings. The predicted molar refractivity (Wildman–Crippen MR) is 101 cm³/mol. The van der Waals surface area contributed by atoms with Crippen molar-refractivity contribution < 1.29 is 15.0 Å². The molecule has 0 saturated carbocycles. The van der Waals surface area contributed by atoms with Gasteiger partial charge in [-0.2, -0.15) is 0 Å². The van der Waals surface area contributed by atoms with Gasteiger partial charge in [0.05, 0.1) is 10.6 Å². The lowest BCUT2D eigenvalue weighted by atomic mass is 10.1. The molecule has 3 rings (SSSR count). The number of hydrogen-bond acceptors (Lipinski definition) is 5. The number of carbonyl (C=O) groups is 1. The van der Waals surface area contributed by atoms with E-state index in [2.05, 4.69) is 0 Å². The normalized spacial score (nSPS) is 16.2. The summed E-state index contributed by atoms with van der Waals surface area (Å²) in [6, 6.07) is 10.2. The maximum atomic E-state index is 12.8. The van der Waals surface area contributed by atoms with Crippen LogP contribution < -0.4 is 4.90 Å². The van der Waals surface area contributed by atoms with Crippen LogP contribution in [-0.2, 0) is 4.79 Å². The van der Waals surface area contributed by atoms with Crippen molar-refractivity contribution in [3.8, 4) is 11.5 Å². The lowest BCUT2D eigenvalue weighted by molar-refractivity contribution is -0.113. The highest BCUT2D eigenvalue weighted by molar-refractivity contribution is 8.27. The molecule has 6 heteroatoms. The van der Waals surface area contributed by atoms with Crippen LogP contribution in [0.4, 0.5) is 5.69 Å². The van der Waals surface area contributed by atoms with Crippen LogP contribution in [0.2, 0.25) is 0 Å². The molecule has 122 valence electrons. The van der Waals surface area contributed by atoms with Gasteiger partial charge in [-0.3, -0.25) is 9.69 Å². The molecule has 1 aliphatic heterocycles. The largest absolute Gasteiger partial charge is 0.504 e. The Morgan fingerprint density at radius 3 is 2.58 bits per heavy atom. The molecule has 2 aromatic carbocycles. The summed E-state index contributed by atoms with van der Waals surface area (Å²) in [4.78, 5) is 14.8. The van der Waals surface area contributed by atoms with Crippen molar-refractivity contribution in [3.05, 3.63) is 58.0 Å². The molecule has 4 nitrogen and oxygen atoms in total. The van der Waals surface area contributed by atoms with Crippen LogP contribution in [0.15, 0.2) is 41.3 Å². The van der Waals surface area contributed by atoms with E-state index in [-0.39, 0.29) is 17.4 Å². The van der Waals surface area contributed by atoms with E-state index in [9.17, 15) is 15.0 Å². The Balaban J connectivity index is 1.98. The van der Waals surface area contributed by atoms with Crippen LogP contribution in [0, 0.1) is 13.8 Å². The minimum absolute atomic E-state index is 0.189. The summed E-state index contributed by atoms with van der Waals surface area (Å²) in [6.07, 6.45) is 1.66. The molecule has 0 unspecified atom stereocenters. The van der Waals surface area contributed by atoms with Crippen molar-refractivity contribution in [2.45, 2.75) is 13.8 Å². The number of hydrogen-bond donors (Lipinski definition) is 2. The Kier molecular flexibility index (Phi) is 4.34. The van der Waals surface area contributed by atoms with Crippen LogP contribution in [0.5, 0.6) is 11.5 Å². The Morgan fingerprint density at radius 1 is 1.12 bits per heavy atom. The number of thiocarbonyl (C=S) groups is 1. The second-order valence-electron chi connectivity index (χ2n) is 5.48. The second kappa shape index (κ2) is 6.30. The van der Waals surface area contributed by atoms with Crippen LogP contribution in [0.3, 0.4) is 0 Å². The number of thioether (sulfide) groups is 1. The molecule has 2 N–H and O–H groups in total. The molecule has 0 atom stereocenters. The number of aryl methyl sites for hydroxylation is 1. The highest BCUT2D eigenvalue weighted by atomic mass is 32.2. The van der Waals surface area contributed by atoms with Crippen LogP contribution >= 0.6 is 24.0 Å². The van der Waals surface area contributed by atoms with Gasteiger partial charge in [0, 0.05) is 0 Å². The lowest BCUT2D eigenvalue weighted by Crippen LogP contribution is -2.28. The first kappa shape index (κ1) is 16.5. The fraction of sp³-hybridized carbons (Fsp3) is 0.111. The zero-order chi connectivity index (χ0) is 17.4. The number of phenols is 2. The van der Waals surface area contributed by atoms with Crippen molar-refractivity contribution in [1.29, 1.82) is 0 Å². The molecule has 2 aromatic rings. The number of anilines is 1. The number of carbonyl (C=O) groups excluding carboxylic acids is 1. The fourth-order valence-corrected chi connectivity index (χ4v) is 3.72. The molecule has 1 heterocycles.